The number of anilines is 1. The van der Waals surface area contributed by atoms with E-state index in [1.54, 1.807) is 12.1 Å². The number of hydrogen-bond acceptors (Lipinski definition) is 1. The van der Waals surface area contributed by atoms with Crippen LogP contribution in [0.1, 0.15) is 25.0 Å². The van der Waals surface area contributed by atoms with Crippen molar-refractivity contribution < 1.29 is 18.0 Å². The summed E-state index contributed by atoms with van der Waals surface area (Å²) in [5.41, 5.74) is 2.27. The Bertz CT molecular complexity index is 542. The lowest BCUT2D eigenvalue weighted by Crippen LogP contribution is -2.40. The van der Waals surface area contributed by atoms with Crippen LogP contribution in [0.25, 0.3) is 0 Å². The molecule has 2 nitrogen and oxygen atoms in total. The van der Waals surface area contributed by atoms with E-state index >= 15 is 0 Å². The van der Waals surface area contributed by atoms with E-state index in [-0.39, 0.29) is 6.54 Å². The number of rotatable bonds is 3. The lowest BCUT2D eigenvalue weighted by molar-refractivity contribution is -0.170. The van der Waals surface area contributed by atoms with Crippen LogP contribution in [0.5, 0.6) is 0 Å². The van der Waals surface area contributed by atoms with E-state index < -0.39 is 12.1 Å². The van der Waals surface area contributed by atoms with Crippen molar-refractivity contribution in [1.82, 2.24) is 0 Å². The molecule has 0 aromatic heterocycles. The van der Waals surface area contributed by atoms with Crippen LogP contribution in [0.3, 0.4) is 0 Å². The molecule has 1 aromatic carbocycles. The summed E-state index contributed by atoms with van der Waals surface area (Å²) >= 11 is 3.61. The minimum Gasteiger partial charge on any atom is -0.304 e. The van der Waals surface area contributed by atoms with Crippen LogP contribution in [0, 0.1) is 5.92 Å². The van der Waals surface area contributed by atoms with Gasteiger partial charge in [-0.2, -0.15) is 13.2 Å². The van der Waals surface area contributed by atoms with Gasteiger partial charge in [0.25, 0.3) is 0 Å². The minimum absolute atomic E-state index is 0.0963. The third kappa shape index (κ3) is 3.59. The Labute approximate surface area is 130 Å². The SMILES string of the molecule is CC(C)C(Br)Cc1ccc2c(c1)CCN2C(=O)C(F)(F)F. The predicted octanol–water partition coefficient (Wildman–Crippen LogP) is 4.10. The number of fused-ring (bicyclic) bond motifs is 1. The smallest absolute Gasteiger partial charge is 0.304 e. The molecule has 0 spiro atoms. The van der Waals surface area contributed by atoms with Gasteiger partial charge in [0.2, 0.25) is 0 Å². The van der Waals surface area contributed by atoms with Gasteiger partial charge in [-0.05, 0) is 36.0 Å². The van der Waals surface area contributed by atoms with E-state index in [2.05, 4.69) is 29.8 Å². The Morgan fingerprint density at radius 3 is 2.62 bits per heavy atom. The van der Waals surface area contributed by atoms with E-state index in [1.807, 2.05) is 6.07 Å². The fraction of sp³-hybridized carbons (Fsp3) is 0.533. The first kappa shape index (κ1) is 16.3. The Balaban J connectivity index is 2.19. The molecule has 1 heterocycles. The van der Waals surface area contributed by atoms with Crippen molar-refractivity contribution in [3.63, 3.8) is 0 Å². The van der Waals surface area contributed by atoms with Crippen molar-refractivity contribution >= 4 is 27.5 Å². The van der Waals surface area contributed by atoms with E-state index in [1.165, 1.54) is 0 Å². The van der Waals surface area contributed by atoms with Crippen LogP contribution in [-0.4, -0.2) is 23.5 Å². The standard InChI is InChI=1S/C15H17BrF3NO/c1-9(2)12(16)8-10-3-4-13-11(7-10)5-6-20(13)14(21)15(17,18)19/h3-4,7,9,12H,5-6,8H2,1-2H3. The van der Waals surface area contributed by atoms with Crippen molar-refractivity contribution in [1.29, 1.82) is 0 Å². The van der Waals surface area contributed by atoms with Crippen molar-refractivity contribution in [2.45, 2.75) is 37.7 Å². The normalized spacial score (nSPS) is 16.2. The van der Waals surface area contributed by atoms with Gasteiger partial charge in [-0.25, -0.2) is 0 Å². The highest BCUT2D eigenvalue weighted by Gasteiger charge is 2.44. The van der Waals surface area contributed by atoms with Crippen molar-refractivity contribution in [2.75, 3.05) is 11.4 Å². The van der Waals surface area contributed by atoms with Gasteiger partial charge in [-0.1, -0.05) is 41.9 Å². The fourth-order valence-electron chi connectivity index (χ4n) is 2.41. The van der Waals surface area contributed by atoms with Gasteiger partial charge in [0, 0.05) is 17.1 Å². The van der Waals surface area contributed by atoms with Gasteiger partial charge in [0.05, 0.1) is 0 Å². The van der Waals surface area contributed by atoms with Crippen LogP contribution in [0.15, 0.2) is 18.2 Å². The molecular weight excluding hydrogens is 347 g/mol. The molecule has 1 unspecified atom stereocenters. The molecule has 1 aromatic rings. The minimum atomic E-state index is -4.82. The highest BCUT2D eigenvalue weighted by molar-refractivity contribution is 9.09. The molecule has 0 radical (unpaired) electrons. The van der Waals surface area contributed by atoms with Crippen LogP contribution < -0.4 is 4.90 Å². The lowest BCUT2D eigenvalue weighted by atomic mass is 10.00. The average Bonchev–Trinajstić information content (AvgIpc) is 2.79. The largest absolute Gasteiger partial charge is 0.471 e. The van der Waals surface area contributed by atoms with Gasteiger partial charge in [-0.15, -0.1) is 0 Å². The maximum atomic E-state index is 12.5. The number of benzene rings is 1. The zero-order chi connectivity index (χ0) is 15.8. The van der Waals surface area contributed by atoms with Gasteiger partial charge < -0.3 is 4.90 Å². The number of alkyl halides is 4. The molecule has 1 aliphatic rings. The molecule has 1 aliphatic heterocycles. The number of amides is 1. The quantitative estimate of drug-likeness (QED) is 0.740. The summed E-state index contributed by atoms with van der Waals surface area (Å²) < 4.78 is 37.6. The van der Waals surface area contributed by atoms with Gasteiger partial charge >= 0.3 is 12.1 Å². The molecule has 0 N–H and O–H groups in total. The maximum absolute atomic E-state index is 12.5. The Morgan fingerprint density at radius 2 is 2.05 bits per heavy atom. The predicted molar refractivity (Wildman–Crippen MR) is 79.8 cm³/mol. The van der Waals surface area contributed by atoms with E-state index in [9.17, 15) is 18.0 Å². The molecule has 0 fully saturated rings. The highest BCUT2D eigenvalue weighted by atomic mass is 79.9. The summed E-state index contributed by atoms with van der Waals surface area (Å²) in [6.07, 6.45) is -3.53. The lowest BCUT2D eigenvalue weighted by Gasteiger charge is -2.19. The topological polar surface area (TPSA) is 20.3 Å². The molecule has 21 heavy (non-hydrogen) atoms. The molecule has 1 amide bonds. The molecule has 1 atom stereocenters. The molecule has 0 saturated heterocycles. The second-order valence-corrected chi connectivity index (χ2v) is 6.81. The fourth-order valence-corrected chi connectivity index (χ4v) is 2.78. The van der Waals surface area contributed by atoms with E-state index in [0.717, 1.165) is 22.4 Å². The van der Waals surface area contributed by atoms with E-state index in [0.29, 0.717) is 22.9 Å². The van der Waals surface area contributed by atoms with Crippen molar-refractivity contribution in [3.8, 4) is 0 Å². The molecule has 0 bridgehead atoms. The monoisotopic (exact) mass is 363 g/mol. The van der Waals surface area contributed by atoms with E-state index in [4.69, 9.17) is 0 Å². The number of carbonyl (C=O) groups excluding carboxylic acids is 1. The third-order valence-electron chi connectivity index (χ3n) is 3.68. The zero-order valence-corrected chi connectivity index (χ0v) is 13.5. The molecular formula is C15H17BrF3NO. The average molecular weight is 364 g/mol. The Morgan fingerprint density at radius 1 is 1.38 bits per heavy atom. The second kappa shape index (κ2) is 5.99. The first-order chi connectivity index (χ1) is 9.70. The summed E-state index contributed by atoms with van der Waals surface area (Å²) in [7, 11) is 0. The zero-order valence-electron chi connectivity index (χ0n) is 11.9. The molecule has 0 aliphatic carbocycles. The number of nitrogens with zero attached hydrogens (tertiary/aromatic N) is 1. The first-order valence-electron chi connectivity index (χ1n) is 6.84. The summed E-state index contributed by atoms with van der Waals surface area (Å²) in [6, 6.07) is 5.34. The van der Waals surface area contributed by atoms with Crippen LogP contribution >= 0.6 is 15.9 Å². The first-order valence-corrected chi connectivity index (χ1v) is 7.76. The Kier molecular flexibility index (Phi) is 4.66. The molecule has 116 valence electrons. The molecule has 2 rings (SSSR count). The number of hydrogen-bond donors (Lipinski definition) is 0. The summed E-state index contributed by atoms with van der Waals surface area (Å²) in [5, 5.41) is 0. The highest BCUT2D eigenvalue weighted by Crippen LogP contribution is 2.33. The third-order valence-corrected chi connectivity index (χ3v) is 5.06. The van der Waals surface area contributed by atoms with Gasteiger partial charge in [0.15, 0.2) is 0 Å². The van der Waals surface area contributed by atoms with Gasteiger partial charge in [-0.3, -0.25) is 4.79 Å². The number of halogens is 4. The van der Waals surface area contributed by atoms with Crippen LogP contribution in [-0.2, 0) is 17.6 Å². The maximum Gasteiger partial charge on any atom is 0.471 e. The second-order valence-electron chi connectivity index (χ2n) is 5.63. The Hall–Kier alpha value is -1.04. The summed E-state index contributed by atoms with van der Waals surface area (Å²) in [4.78, 5) is 12.5. The number of carbonyl (C=O) groups is 1. The van der Waals surface area contributed by atoms with Crippen LogP contribution in [0.2, 0.25) is 0 Å². The van der Waals surface area contributed by atoms with Gasteiger partial charge in [0.1, 0.15) is 0 Å². The molecule has 0 saturated carbocycles. The molecule has 6 heteroatoms. The van der Waals surface area contributed by atoms with Crippen molar-refractivity contribution in [3.05, 3.63) is 29.3 Å². The summed E-state index contributed by atoms with van der Waals surface area (Å²) in [6.45, 7) is 4.31. The summed E-state index contributed by atoms with van der Waals surface area (Å²) in [5.74, 6) is -1.31. The van der Waals surface area contributed by atoms with Crippen molar-refractivity contribution in [2.24, 2.45) is 5.92 Å². The van der Waals surface area contributed by atoms with Crippen LogP contribution in [0.4, 0.5) is 18.9 Å².